The molecule has 3 atom stereocenters. The van der Waals surface area contributed by atoms with Crippen molar-refractivity contribution in [2.45, 2.75) is 43.1 Å². The van der Waals surface area contributed by atoms with Crippen molar-refractivity contribution in [1.29, 1.82) is 0 Å². The smallest absolute Gasteiger partial charge is 0.377 e. The van der Waals surface area contributed by atoms with Gasteiger partial charge in [0.1, 0.15) is 5.92 Å². The number of alkyl halides is 13. The Balaban J connectivity index is 5.57. The van der Waals surface area contributed by atoms with Gasteiger partial charge in [-0.2, -0.15) is 52.7 Å². The van der Waals surface area contributed by atoms with Gasteiger partial charge < -0.3 is 14.2 Å². The van der Waals surface area contributed by atoms with Crippen LogP contribution >= 0.6 is 0 Å². The quantitative estimate of drug-likeness (QED) is 0.186. The van der Waals surface area contributed by atoms with Gasteiger partial charge in [-0.05, 0) is 0 Å². The third kappa shape index (κ3) is 8.94. The fraction of sp³-hybridized carbons (Fsp3) is 0.846. The van der Waals surface area contributed by atoms with Crippen LogP contribution in [0.1, 0.15) is 6.42 Å². The van der Waals surface area contributed by atoms with Crippen molar-refractivity contribution in [3.05, 3.63) is 12.7 Å². The molecule has 0 N–H and O–H groups in total. The van der Waals surface area contributed by atoms with E-state index in [4.69, 9.17) is 0 Å². The zero-order valence-corrected chi connectivity index (χ0v) is 13.9. The van der Waals surface area contributed by atoms with E-state index in [-0.39, 0.29) is 0 Å². The first kappa shape index (κ1) is 27.7. The molecule has 0 spiro atoms. The minimum absolute atomic E-state index is 0.751. The van der Waals surface area contributed by atoms with Crippen molar-refractivity contribution in [2.24, 2.45) is 5.92 Å². The van der Waals surface area contributed by atoms with E-state index in [2.05, 4.69) is 20.8 Å². The highest BCUT2D eigenvalue weighted by atomic mass is 19.4. The van der Waals surface area contributed by atoms with Crippen LogP contribution < -0.4 is 0 Å². The van der Waals surface area contributed by atoms with Gasteiger partial charge >= 0.3 is 30.6 Å². The van der Waals surface area contributed by atoms with E-state index >= 15 is 0 Å². The topological polar surface area (TPSA) is 27.7 Å². The molecule has 0 saturated heterocycles. The molecule has 16 heteroatoms. The fourth-order valence-electron chi connectivity index (χ4n) is 1.74. The molecule has 174 valence electrons. The maximum atomic E-state index is 14.2. The van der Waals surface area contributed by atoms with Gasteiger partial charge in [0, 0.05) is 0 Å². The Morgan fingerprint density at radius 2 is 1.31 bits per heavy atom. The first-order valence-electron chi connectivity index (χ1n) is 7.15. The highest BCUT2D eigenvalue weighted by Crippen LogP contribution is 2.47. The molecule has 0 bridgehead atoms. The van der Waals surface area contributed by atoms with E-state index < -0.39 is 69.0 Å². The Morgan fingerprint density at radius 3 is 1.66 bits per heavy atom. The highest BCUT2D eigenvalue weighted by Gasteiger charge is 2.70. The lowest BCUT2D eigenvalue weighted by molar-refractivity contribution is -0.409. The largest absolute Gasteiger partial charge is 0.449 e. The van der Waals surface area contributed by atoms with Crippen molar-refractivity contribution < 1.29 is 71.3 Å². The molecule has 0 rings (SSSR count). The number of ether oxygens (including phenoxy) is 3. The molecule has 0 fully saturated rings. The summed E-state index contributed by atoms with van der Waals surface area (Å²) >= 11 is 0. The molecule has 0 aliphatic carbocycles. The molecule has 0 aromatic heterocycles. The third-order valence-electron chi connectivity index (χ3n) is 3.07. The maximum absolute atomic E-state index is 14.2. The summed E-state index contributed by atoms with van der Waals surface area (Å²) in [5, 5.41) is 0. The third-order valence-corrected chi connectivity index (χ3v) is 3.07. The van der Waals surface area contributed by atoms with E-state index in [1.165, 1.54) is 0 Å². The molecule has 0 aliphatic rings. The van der Waals surface area contributed by atoms with Gasteiger partial charge in [0.15, 0.2) is 12.9 Å². The Kier molecular flexibility index (Phi) is 9.25. The van der Waals surface area contributed by atoms with Gasteiger partial charge in [-0.1, -0.05) is 6.08 Å². The molecule has 29 heavy (non-hydrogen) atoms. The molecular formula is C13H13F13O3. The second-order valence-corrected chi connectivity index (χ2v) is 5.34. The van der Waals surface area contributed by atoms with Crippen LogP contribution in [-0.2, 0) is 14.2 Å². The summed E-state index contributed by atoms with van der Waals surface area (Å²) in [6.45, 7) is -2.28. The molecular weight excluding hydrogens is 451 g/mol. The number of rotatable bonds is 10. The Bertz CT molecular complexity index is 508. The van der Waals surface area contributed by atoms with Gasteiger partial charge in [-0.25, -0.2) is 4.39 Å². The van der Waals surface area contributed by atoms with E-state index in [0.717, 1.165) is 6.08 Å². The van der Waals surface area contributed by atoms with Crippen LogP contribution in [0.5, 0.6) is 0 Å². The highest BCUT2D eigenvalue weighted by molar-refractivity contribution is 4.90. The average molecular weight is 464 g/mol. The lowest BCUT2D eigenvalue weighted by Crippen LogP contribution is -2.57. The summed E-state index contributed by atoms with van der Waals surface area (Å²) in [5.74, 6) is -9.77. The molecule has 3 nitrogen and oxygen atoms in total. The number of halogens is 13. The van der Waals surface area contributed by atoms with Gasteiger partial charge in [0.2, 0.25) is 0 Å². The zero-order valence-electron chi connectivity index (χ0n) is 13.9. The minimum atomic E-state index is -6.47. The second kappa shape index (κ2) is 9.68. The monoisotopic (exact) mass is 464 g/mol. The Labute approximate surface area is 154 Å². The molecule has 0 aromatic carbocycles. The lowest BCUT2D eigenvalue weighted by Gasteiger charge is -2.36. The van der Waals surface area contributed by atoms with Gasteiger partial charge in [-0.3, -0.25) is 0 Å². The van der Waals surface area contributed by atoms with Crippen LogP contribution in [0.2, 0.25) is 0 Å². The first-order chi connectivity index (χ1) is 12.8. The second-order valence-electron chi connectivity index (χ2n) is 5.34. The molecule has 0 aliphatic heterocycles. The van der Waals surface area contributed by atoms with Crippen molar-refractivity contribution in [3.8, 4) is 0 Å². The summed E-state index contributed by atoms with van der Waals surface area (Å²) in [5.41, 5.74) is 0. The molecule has 3 unspecified atom stereocenters. The van der Waals surface area contributed by atoms with Crippen molar-refractivity contribution >= 4 is 0 Å². The summed E-state index contributed by atoms with van der Waals surface area (Å²) in [7, 11) is 0. The van der Waals surface area contributed by atoms with Crippen LogP contribution in [0, 0.1) is 5.92 Å². The number of hydrogen-bond acceptors (Lipinski definition) is 3. The summed E-state index contributed by atoms with van der Waals surface area (Å²) in [4.78, 5) is 0. The van der Waals surface area contributed by atoms with E-state index in [9.17, 15) is 57.1 Å². The van der Waals surface area contributed by atoms with Crippen molar-refractivity contribution in [3.63, 3.8) is 0 Å². The van der Waals surface area contributed by atoms with Crippen LogP contribution in [0.25, 0.3) is 0 Å². The standard InChI is InChI=1S/C13H13F13O3/c1-2-3-27-5-7(11(18,19)20)10(17,13(24,25)26)29-6-28-8(12(21,22)23)4-9(14,15)16/h2,7-8H,1,3-6H2. The van der Waals surface area contributed by atoms with Gasteiger partial charge in [0.25, 0.3) is 0 Å². The van der Waals surface area contributed by atoms with E-state index in [1.54, 1.807) is 0 Å². The van der Waals surface area contributed by atoms with Crippen LogP contribution in [0.15, 0.2) is 12.7 Å². The Hall–Kier alpha value is -1.29. The lowest BCUT2D eigenvalue weighted by atomic mass is 9.99. The molecule has 0 amide bonds. The summed E-state index contributed by atoms with van der Waals surface area (Å²) in [6, 6.07) is 0. The van der Waals surface area contributed by atoms with Crippen LogP contribution in [-0.4, -0.2) is 56.7 Å². The minimum Gasteiger partial charge on any atom is -0.377 e. The van der Waals surface area contributed by atoms with E-state index in [0.29, 0.717) is 0 Å². The first-order valence-corrected chi connectivity index (χ1v) is 7.15. The van der Waals surface area contributed by atoms with E-state index in [1.807, 2.05) is 0 Å². The molecule has 0 radical (unpaired) electrons. The summed E-state index contributed by atoms with van der Waals surface area (Å²) < 4.78 is 176. The Morgan fingerprint density at radius 1 is 0.793 bits per heavy atom. The van der Waals surface area contributed by atoms with Gasteiger partial charge in [-0.15, -0.1) is 6.58 Å². The average Bonchev–Trinajstić information content (AvgIpc) is 2.45. The molecule has 0 saturated carbocycles. The SMILES string of the molecule is C=CCOCC(C(F)(F)F)C(F)(OCOC(CC(F)(F)F)C(F)(F)F)C(F)(F)F. The number of hydrogen-bond donors (Lipinski definition) is 0. The normalized spacial score (nSPS) is 18.2. The van der Waals surface area contributed by atoms with Crippen LogP contribution in [0.3, 0.4) is 0 Å². The zero-order chi connectivity index (χ0) is 23.3. The molecule has 0 aromatic rings. The van der Waals surface area contributed by atoms with Crippen molar-refractivity contribution in [1.82, 2.24) is 0 Å². The fourth-order valence-corrected chi connectivity index (χ4v) is 1.74. The van der Waals surface area contributed by atoms with Gasteiger partial charge in [0.05, 0.1) is 19.6 Å². The summed E-state index contributed by atoms with van der Waals surface area (Å²) in [6.07, 6.45) is -29.5. The maximum Gasteiger partial charge on any atom is 0.449 e. The van der Waals surface area contributed by atoms with Crippen molar-refractivity contribution in [2.75, 3.05) is 20.0 Å². The van der Waals surface area contributed by atoms with Crippen LogP contribution in [0.4, 0.5) is 57.1 Å². The predicted molar refractivity (Wildman–Crippen MR) is 68.0 cm³/mol. The molecule has 0 heterocycles. The predicted octanol–water partition coefficient (Wildman–Crippen LogP) is 5.47.